The number of nitrogens with zero attached hydrogens (tertiary/aromatic N) is 1. The summed E-state index contributed by atoms with van der Waals surface area (Å²) in [6.45, 7) is 4.04. The Labute approximate surface area is 348 Å². The quantitative estimate of drug-likeness (QED) is 0.0205. The number of allylic oxidation sites excluding steroid dienone is 10. The Morgan fingerprint density at radius 2 is 1.11 bits per heavy atom. The standard InChI is InChI=1S/C46H82NO9P/c1-6-8-9-10-11-12-13-14-15-19-22-25-28-31-34-37-45(49)53-41-44(42-55-57(51,52)54-40-39-47(3,4)5)56-46(50)38-35-32-29-26-23-20-17-16-18-21-24-27-30-33-36-43(48)7-2/h14-15,17-18,20-21,26-27,29-30,43-44,48H,6-13,16,19,22-25,28,31-42H2,1-5H3/p+1/b15-14-,20-17-,21-18-,29-26-,30-27-/t43-,44-/m1/s1. The molecule has 0 aliphatic carbocycles. The third kappa shape index (κ3) is 41.6. The van der Waals surface area contributed by atoms with E-state index in [9.17, 15) is 24.2 Å². The van der Waals surface area contributed by atoms with Crippen molar-refractivity contribution >= 4 is 19.8 Å². The summed E-state index contributed by atoms with van der Waals surface area (Å²) in [5, 5.41) is 9.57. The summed E-state index contributed by atoms with van der Waals surface area (Å²) in [4.78, 5) is 35.3. The molecule has 11 heteroatoms. The number of ether oxygens (including phenoxy) is 2. The Morgan fingerprint density at radius 3 is 1.68 bits per heavy atom. The minimum atomic E-state index is -4.40. The van der Waals surface area contributed by atoms with Gasteiger partial charge in [-0.25, -0.2) is 4.57 Å². The molecule has 57 heavy (non-hydrogen) atoms. The van der Waals surface area contributed by atoms with Gasteiger partial charge in [0.15, 0.2) is 6.10 Å². The number of rotatable bonds is 39. The molecule has 2 N–H and O–H groups in total. The van der Waals surface area contributed by atoms with Crippen molar-refractivity contribution in [1.82, 2.24) is 0 Å². The molecule has 0 aromatic rings. The average molecular weight is 825 g/mol. The lowest BCUT2D eigenvalue weighted by atomic mass is 10.1. The van der Waals surface area contributed by atoms with Crippen LogP contribution >= 0.6 is 7.82 Å². The van der Waals surface area contributed by atoms with Crippen LogP contribution in [-0.4, -0.2) is 86.1 Å². The number of hydrogen-bond donors (Lipinski definition) is 2. The van der Waals surface area contributed by atoms with E-state index < -0.39 is 32.5 Å². The lowest BCUT2D eigenvalue weighted by molar-refractivity contribution is -0.870. The van der Waals surface area contributed by atoms with Crippen LogP contribution in [0.25, 0.3) is 0 Å². The number of aliphatic hydroxyl groups is 1. The molecule has 330 valence electrons. The second kappa shape index (κ2) is 37.9. The van der Waals surface area contributed by atoms with Gasteiger partial charge in [0.2, 0.25) is 0 Å². The largest absolute Gasteiger partial charge is 0.472 e. The molecule has 0 aliphatic heterocycles. The first-order valence-electron chi connectivity index (χ1n) is 22.1. The van der Waals surface area contributed by atoms with Crippen molar-refractivity contribution in [3.63, 3.8) is 0 Å². The van der Waals surface area contributed by atoms with Crippen molar-refractivity contribution < 1.29 is 47.2 Å². The molecule has 0 heterocycles. The van der Waals surface area contributed by atoms with Gasteiger partial charge in [-0.1, -0.05) is 126 Å². The van der Waals surface area contributed by atoms with Crippen LogP contribution in [0.1, 0.15) is 162 Å². The third-order valence-electron chi connectivity index (χ3n) is 9.18. The topological polar surface area (TPSA) is 129 Å². The van der Waals surface area contributed by atoms with E-state index in [0.29, 0.717) is 30.3 Å². The van der Waals surface area contributed by atoms with E-state index in [0.717, 1.165) is 70.6 Å². The zero-order chi connectivity index (χ0) is 42.3. The van der Waals surface area contributed by atoms with Crippen LogP contribution in [0.5, 0.6) is 0 Å². The number of carbonyl (C=O) groups excluding carboxylic acids is 2. The maximum atomic E-state index is 12.7. The van der Waals surface area contributed by atoms with Gasteiger partial charge in [-0.05, 0) is 83.5 Å². The molecule has 0 aromatic heterocycles. The first kappa shape index (κ1) is 54.7. The molecule has 0 aromatic carbocycles. The fourth-order valence-corrected chi connectivity index (χ4v) is 6.25. The number of unbranched alkanes of at least 4 members (excludes halogenated alkanes) is 12. The first-order chi connectivity index (χ1) is 27.4. The summed E-state index contributed by atoms with van der Waals surface area (Å²) >= 11 is 0. The maximum Gasteiger partial charge on any atom is 0.472 e. The van der Waals surface area contributed by atoms with Gasteiger partial charge in [-0.3, -0.25) is 18.6 Å². The average Bonchev–Trinajstić information content (AvgIpc) is 3.16. The molecule has 0 saturated carbocycles. The number of aliphatic hydroxyl groups excluding tert-OH is 1. The molecule has 3 atom stereocenters. The highest BCUT2D eigenvalue weighted by atomic mass is 31.2. The van der Waals surface area contributed by atoms with E-state index in [1.54, 1.807) is 0 Å². The Bertz CT molecular complexity index is 1170. The van der Waals surface area contributed by atoms with E-state index >= 15 is 0 Å². The van der Waals surface area contributed by atoms with Gasteiger partial charge >= 0.3 is 19.8 Å². The summed E-state index contributed by atoms with van der Waals surface area (Å²) in [5.74, 6) is -0.896. The van der Waals surface area contributed by atoms with Crippen molar-refractivity contribution in [1.29, 1.82) is 0 Å². The zero-order valence-electron chi connectivity index (χ0n) is 36.7. The molecule has 0 bridgehead atoms. The maximum absolute atomic E-state index is 12.7. The Hall–Kier alpha value is -2.33. The third-order valence-corrected chi connectivity index (χ3v) is 10.2. The van der Waals surface area contributed by atoms with Crippen molar-refractivity contribution in [3.05, 3.63) is 60.8 Å². The second-order valence-corrected chi connectivity index (χ2v) is 17.3. The van der Waals surface area contributed by atoms with E-state index in [1.165, 1.54) is 44.9 Å². The van der Waals surface area contributed by atoms with E-state index in [1.807, 2.05) is 34.1 Å². The predicted molar refractivity (Wildman–Crippen MR) is 235 cm³/mol. The van der Waals surface area contributed by atoms with Crippen LogP contribution < -0.4 is 0 Å². The number of hydrogen-bond acceptors (Lipinski definition) is 8. The Morgan fingerprint density at radius 1 is 0.614 bits per heavy atom. The van der Waals surface area contributed by atoms with Crippen LogP contribution in [0, 0.1) is 0 Å². The summed E-state index contributed by atoms with van der Waals surface area (Å²) in [7, 11) is 1.41. The molecular formula is C46H83NO9P+. The van der Waals surface area contributed by atoms with Crippen LogP contribution in [0.3, 0.4) is 0 Å². The van der Waals surface area contributed by atoms with Gasteiger partial charge in [0.25, 0.3) is 0 Å². The Balaban J connectivity index is 4.49. The fourth-order valence-electron chi connectivity index (χ4n) is 5.51. The van der Waals surface area contributed by atoms with E-state index in [4.69, 9.17) is 18.5 Å². The molecule has 10 nitrogen and oxygen atoms in total. The van der Waals surface area contributed by atoms with Crippen LogP contribution in [-0.2, 0) is 32.7 Å². The van der Waals surface area contributed by atoms with Crippen LogP contribution in [0.4, 0.5) is 0 Å². The molecule has 0 spiro atoms. The summed E-state index contributed by atoms with van der Waals surface area (Å²) in [5.41, 5.74) is 0. The summed E-state index contributed by atoms with van der Waals surface area (Å²) < 4.78 is 34.2. The van der Waals surface area contributed by atoms with Crippen LogP contribution in [0.2, 0.25) is 0 Å². The van der Waals surface area contributed by atoms with Gasteiger partial charge < -0.3 is 24.0 Å². The van der Waals surface area contributed by atoms with Gasteiger partial charge in [0.05, 0.1) is 33.9 Å². The molecule has 0 saturated heterocycles. The van der Waals surface area contributed by atoms with Gasteiger partial charge in [0, 0.05) is 12.8 Å². The summed E-state index contributed by atoms with van der Waals surface area (Å²) in [6, 6.07) is 0. The van der Waals surface area contributed by atoms with Gasteiger partial charge in [0.1, 0.15) is 19.8 Å². The van der Waals surface area contributed by atoms with Crippen molar-refractivity contribution in [2.45, 2.75) is 174 Å². The molecule has 0 rings (SSSR count). The number of carbonyl (C=O) groups is 2. The monoisotopic (exact) mass is 825 g/mol. The van der Waals surface area contributed by atoms with E-state index in [-0.39, 0.29) is 32.2 Å². The fraction of sp³-hybridized carbons (Fsp3) is 0.739. The number of likely N-dealkylation sites (N-methyl/N-ethyl adjacent to an activating group) is 1. The second-order valence-electron chi connectivity index (χ2n) is 15.9. The van der Waals surface area contributed by atoms with Gasteiger partial charge in [-0.15, -0.1) is 0 Å². The molecule has 1 unspecified atom stereocenters. The molecular weight excluding hydrogens is 741 g/mol. The molecule has 0 aliphatic rings. The van der Waals surface area contributed by atoms with Crippen LogP contribution in [0.15, 0.2) is 60.8 Å². The predicted octanol–water partition coefficient (Wildman–Crippen LogP) is 11.4. The summed E-state index contributed by atoms with van der Waals surface area (Å²) in [6.07, 6.45) is 42.2. The molecule has 0 radical (unpaired) electrons. The van der Waals surface area contributed by atoms with Crippen molar-refractivity contribution in [3.8, 4) is 0 Å². The lowest BCUT2D eigenvalue weighted by Crippen LogP contribution is -2.37. The normalized spacial score (nSPS) is 14.7. The zero-order valence-corrected chi connectivity index (χ0v) is 37.6. The highest BCUT2D eigenvalue weighted by molar-refractivity contribution is 7.47. The SMILES string of the molecule is CCCCCCCC/C=C\CCCCCCCC(=O)OC[C@H](COP(=O)(O)OCC[N+](C)(C)C)OC(=O)CCC/C=C\C/C=C\C/C=C\C/C=C\CC[C@H](O)CC. The minimum absolute atomic E-state index is 0.0116. The first-order valence-corrected chi connectivity index (χ1v) is 23.6. The number of quaternary nitrogens is 1. The highest BCUT2D eigenvalue weighted by Gasteiger charge is 2.27. The van der Waals surface area contributed by atoms with Crippen molar-refractivity contribution in [2.75, 3.05) is 47.5 Å². The Kier molecular flexibility index (Phi) is 36.4. The number of phosphoric acid groups is 1. The number of esters is 2. The molecule has 0 amide bonds. The smallest absolute Gasteiger partial charge is 0.462 e. The minimum Gasteiger partial charge on any atom is -0.462 e. The highest BCUT2D eigenvalue weighted by Crippen LogP contribution is 2.43. The molecule has 0 fully saturated rings. The van der Waals surface area contributed by atoms with Crippen molar-refractivity contribution in [2.24, 2.45) is 0 Å². The lowest BCUT2D eigenvalue weighted by Gasteiger charge is -2.24. The van der Waals surface area contributed by atoms with Gasteiger partial charge in [-0.2, -0.15) is 0 Å². The number of phosphoric ester groups is 1. The van der Waals surface area contributed by atoms with E-state index in [2.05, 4.69) is 61.6 Å².